The van der Waals surface area contributed by atoms with Crippen molar-refractivity contribution in [3.05, 3.63) is 88.2 Å². The number of pyridine rings is 1. The van der Waals surface area contributed by atoms with Gasteiger partial charge >= 0.3 is 0 Å². The summed E-state index contributed by atoms with van der Waals surface area (Å²) in [5.74, 6) is 1.76. The molecule has 0 saturated carbocycles. The molecule has 3 aromatic carbocycles. The summed E-state index contributed by atoms with van der Waals surface area (Å²) in [4.78, 5) is 45.8. The Morgan fingerprint density at radius 1 is 0.906 bits per heavy atom. The maximum atomic E-state index is 13.7. The van der Waals surface area contributed by atoms with E-state index in [9.17, 15) is 14.2 Å². The molecule has 336 valence electrons. The van der Waals surface area contributed by atoms with Crippen molar-refractivity contribution in [2.75, 3.05) is 86.7 Å². The number of hydrogen-bond acceptors (Lipinski definition) is 12. The minimum absolute atomic E-state index is 0.174. The highest BCUT2D eigenvalue weighted by Gasteiger charge is 2.39. The molecule has 5 aromatic rings. The van der Waals surface area contributed by atoms with Gasteiger partial charge in [-0.05, 0) is 141 Å². The van der Waals surface area contributed by atoms with E-state index in [1.807, 2.05) is 24.3 Å². The maximum Gasteiger partial charge on any atom is 0.234 e. The Labute approximate surface area is 384 Å². The molecule has 3 N–H and O–H groups in total. The van der Waals surface area contributed by atoms with Crippen molar-refractivity contribution in [2.45, 2.75) is 64.7 Å². The van der Waals surface area contributed by atoms with Gasteiger partial charge in [-0.1, -0.05) is 25.1 Å². The molecular weight excluding hydrogens is 889 g/mol. The number of aryl methyl sites for hydroxylation is 2. The van der Waals surface area contributed by atoms with Crippen LogP contribution >= 0.6 is 23.1 Å². The molecule has 4 saturated heterocycles. The Bertz CT molecular complexity index is 2610. The molecule has 13 nitrogen and oxygen atoms in total. The van der Waals surface area contributed by atoms with Crippen molar-refractivity contribution >= 4 is 85.6 Å². The fraction of sp³-hybridized carbons (Fsp3) is 0.449. The van der Waals surface area contributed by atoms with E-state index in [1.165, 1.54) is 50.1 Å². The Balaban J connectivity index is 0.784. The minimum atomic E-state index is -2.72. The third kappa shape index (κ3) is 9.24. The van der Waals surface area contributed by atoms with Crippen LogP contribution in [-0.2, 0) is 20.6 Å². The lowest BCUT2D eigenvalue weighted by atomic mass is 9.71. The molecule has 64 heavy (non-hydrogen) atoms. The zero-order chi connectivity index (χ0) is 44.8. The van der Waals surface area contributed by atoms with E-state index < -0.39 is 7.14 Å². The summed E-state index contributed by atoms with van der Waals surface area (Å²) in [6.45, 7) is 15.5. The normalized spacial score (nSPS) is 19.4. The molecule has 1 unspecified atom stereocenters. The molecule has 9 rings (SSSR count). The van der Waals surface area contributed by atoms with Crippen LogP contribution in [0, 0.1) is 18.3 Å². The second-order valence-electron chi connectivity index (χ2n) is 18.7. The highest BCUT2D eigenvalue weighted by atomic mass is 79.9. The van der Waals surface area contributed by atoms with E-state index >= 15 is 0 Å². The molecule has 0 bridgehead atoms. The number of halogens is 1. The summed E-state index contributed by atoms with van der Waals surface area (Å²) in [5.41, 5.74) is 8.28. The monoisotopic (exact) mass is 947 g/mol. The summed E-state index contributed by atoms with van der Waals surface area (Å²) >= 11 is 3.63. The maximum absolute atomic E-state index is 13.7. The van der Waals surface area contributed by atoms with Crippen molar-refractivity contribution in [1.29, 1.82) is 0 Å². The SMILES string of the molecule is CCc1ccc2c(P(C)(C)=O)c(Nc3nc(Nc4cc(C)c(N5CCC6(CCN(CC7CN(c8ccc(C9CCC(=O)NC9=O)cc8)C7)CC6)CC5)cc4OC)ncc3Br)ccc2n1. The average molecular weight is 949 g/mol. The number of aromatic nitrogens is 3. The number of nitrogens with one attached hydrogen (secondary N) is 3. The second kappa shape index (κ2) is 18.1. The van der Waals surface area contributed by atoms with Gasteiger partial charge in [-0.3, -0.25) is 19.9 Å². The Kier molecular flexibility index (Phi) is 12.5. The number of anilines is 6. The highest BCUT2D eigenvalue weighted by molar-refractivity contribution is 9.10. The van der Waals surface area contributed by atoms with Crippen molar-refractivity contribution in [3.8, 4) is 5.75 Å². The van der Waals surface area contributed by atoms with Gasteiger partial charge in [0.05, 0.1) is 34.4 Å². The van der Waals surface area contributed by atoms with Crippen molar-refractivity contribution in [2.24, 2.45) is 11.3 Å². The summed E-state index contributed by atoms with van der Waals surface area (Å²) in [6, 6.07) is 20.6. The van der Waals surface area contributed by atoms with Gasteiger partial charge in [0.25, 0.3) is 0 Å². The largest absolute Gasteiger partial charge is 0.494 e. The van der Waals surface area contributed by atoms with Crippen molar-refractivity contribution < 1.29 is 18.9 Å². The van der Waals surface area contributed by atoms with Gasteiger partial charge in [0.1, 0.15) is 18.7 Å². The molecule has 2 amide bonds. The van der Waals surface area contributed by atoms with Crippen molar-refractivity contribution in [1.82, 2.24) is 25.2 Å². The highest BCUT2D eigenvalue weighted by Crippen LogP contribution is 2.45. The van der Waals surface area contributed by atoms with Gasteiger partial charge in [-0.2, -0.15) is 4.98 Å². The van der Waals surface area contributed by atoms with E-state index in [0.717, 1.165) is 89.3 Å². The standard InChI is InChI=1S/C49H59BrN9O4P/c1-6-34-9-12-37-39(52-34)14-15-40(45(37)64(4,5)62)53-46-38(50)27-51-48(56-46)54-41-25-31(2)42(26-43(41)63-3)58-23-19-49(20-24-58)17-21-57(22-18-49)28-32-29-59(30-32)35-10-7-33(8-11-35)36-13-16-44(60)55-47(36)61/h7-12,14-15,25-27,32,36H,6,13,16-24,28-30H2,1-5H3,(H,55,60,61)(H2,51,53,54,56). The third-order valence-corrected chi connectivity index (χ3v) is 16.2. The Morgan fingerprint density at radius 2 is 1.64 bits per heavy atom. The number of nitrogens with zero attached hydrogens (tertiary/aromatic N) is 6. The number of ether oxygens (including phenoxy) is 1. The van der Waals surface area contributed by atoms with E-state index in [4.69, 9.17) is 14.7 Å². The Morgan fingerprint density at radius 3 is 2.33 bits per heavy atom. The smallest absolute Gasteiger partial charge is 0.234 e. The fourth-order valence-electron chi connectivity index (χ4n) is 10.3. The summed E-state index contributed by atoms with van der Waals surface area (Å²) in [7, 11) is -1.02. The summed E-state index contributed by atoms with van der Waals surface area (Å²) in [5, 5.41) is 11.0. The lowest BCUT2D eigenvalue weighted by Crippen LogP contribution is -2.54. The van der Waals surface area contributed by atoms with Crippen molar-refractivity contribution in [3.63, 3.8) is 0 Å². The van der Waals surface area contributed by atoms with Gasteiger partial charge in [0.2, 0.25) is 17.8 Å². The number of rotatable bonds is 12. The number of benzene rings is 3. The molecule has 2 aromatic heterocycles. The number of imide groups is 1. The van der Waals surface area contributed by atoms with E-state index in [2.05, 4.69) is 102 Å². The van der Waals surface area contributed by atoms with Gasteiger partial charge < -0.3 is 34.6 Å². The number of likely N-dealkylation sites (tertiary alicyclic amines) is 1. The topological polar surface area (TPSA) is 145 Å². The van der Waals surface area contributed by atoms with E-state index in [0.29, 0.717) is 40.4 Å². The summed E-state index contributed by atoms with van der Waals surface area (Å²) in [6.07, 6.45) is 8.41. The van der Waals surface area contributed by atoms with Gasteiger partial charge in [-0.15, -0.1) is 0 Å². The third-order valence-electron chi connectivity index (χ3n) is 14.0. The van der Waals surface area contributed by atoms with Gasteiger partial charge in [0, 0.05) is 85.1 Å². The van der Waals surface area contributed by atoms with Crippen LogP contribution in [0.25, 0.3) is 10.9 Å². The fourth-order valence-corrected chi connectivity index (χ4v) is 12.0. The molecule has 1 spiro atoms. The van der Waals surface area contributed by atoms with Crippen LogP contribution in [0.3, 0.4) is 0 Å². The zero-order valence-corrected chi connectivity index (χ0v) is 40.0. The molecule has 4 aliphatic rings. The predicted octanol–water partition coefficient (Wildman–Crippen LogP) is 8.74. The molecule has 4 fully saturated rings. The average Bonchev–Trinajstić information content (AvgIpc) is 3.26. The molecule has 6 heterocycles. The first-order valence-electron chi connectivity index (χ1n) is 22.7. The molecule has 0 radical (unpaired) electrons. The van der Waals surface area contributed by atoms with Crippen LogP contribution in [0.15, 0.2) is 71.3 Å². The molecule has 4 aliphatic heterocycles. The van der Waals surface area contributed by atoms with Crippen LogP contribution in [-0.4, -0.2) is 97.9 Å². The van der Waals surface area contributed by atoms with Crippen LogP contribution < -0.4 is 35.8 Å². The Hall–Kier alpha value is -5.04. The molecular formula is C49H59BrN9O4P. The first-order chi connectivity index (χ1) is 30.8. The number of hydrogen-bond donors (Lipinski definition) is 3. The van der Waals surface area contributed by atoms with Crippen LogP contribution in [0.1, 0.15) is 68.2 Å². The quantitative estimate of drug-likeness (QED) is 0.0813. The van der Waals surface area contributed by atoms with Crippen LogP contribution in [0.4, 0.5) is 34.5 Å². The van der Waals surface area contributed by atoms with Gasteiger partial charge in [-0.25, -0.2) is 4.98 Å². The predicted molar refractivity (Wildman–Crippen MR) is 261 cm³/mol. The van der Waals surface area contributed by atoms with E-state index in [-0.39, 0.29) is 17.7 Å². The number of carbonyl (C=O) groups excluding carboxylic acids is 2. The van der Waals surface area contributed by atoms with Crippen LogP contribution in [0.5, 0.6) is 5.75 Å². The number of amides is 2. The second-order valence-corrected chi connectivity index (χ2v) is 22.7. The lowest BCUT2D eigenvalue weighted by molar-refractivity contribution is -0.134. The van der Waals surface area contributed by atoms with E-state index in [1.54, 1.807) is 26.6 Å². The molecule has 0 aliphatic carbocycles. The molecule has 1 atom stereocenters. The first-order valence-corrected chi connectivity index (χ1v) is 26.1. The minimum Gasteiger partial charge on any atom is -0.494 e. The first kappa shape index (κ1) is 44.2. The van der Waals surface area contributed by atoms with Gasteiger partial charge in [0.15, 0.2) is 0 Å². The number of methoxy groups -OCH3 is 1. The number of carbonyl (C=O) groups is 2. The lowest BCUT2D eigenvalue weighted by Gasteiger charge is -2.49. The number of piperidine rings is 3. The van der Waals surface area contributed by atoms with Crippen LogP contribution in [0.2, 0.25) is 0 Å². The molecule has 15 heteroatoms. The number of fused-ring (bicyclic) bond motifs is 1. The summed E-state index contributed by atoms with van der Waals surface area (Å²) < 4.78 is 20.3. The zero-order valence-electron chi connectivity index (χ0n) is 37.5.